The van der Waals surface area contributed by atoms with Gasteiger partial charge in [0, 0.05) is 18.7 Å². The van der Waals surface area contributed by atoms with Gasteiger partial charge in [-0.1, -0.05) is 24.3 Å². The van der Waals surface area contributed by atoms with Crippen molar-refractivity contribution >= 4 is 0 Å². The van der Waals surface area contributed by atoms with E-state index in [9.17, 15) is 0 Å². The van der Waals surface area contributed by atoms with Crippen LogP contribution in [0.3, 0.4) is 0 Å². The molecule has 2 aliphatic rings. The predicted molar refractivity (Wildman–Crippen MR) is 73.7 cm³/mol. The van der Waals surface area contributed by atoms with Crippen LogP contribution in [0, 0.1) is 0 Å². The summed E-state index contributed by atoms with van der Waals surface area (Å²) < 4.78 is 5.68. The first kappa shape index (κ1) is 12.2. The van der Waals surface area contributed by atoms with Crippen molar-refractivity contribution in [2.75, 3.05) is 6.61 Å². The Bertz CT molecular complexity index is 427. The molecule has 2 unspecified atom stereocenters. The fourth-order valence-corrected chi connectivity index (χ4v) is 2.85. The van der Waals surface area contributed by atoms with Gasteiger partial charge in [0.15, 0.2) is 0 Å². The SMILES string of the molecule is CC1OCCC1(C)NCc1ccccc1C1CC1. The van der Waals surface area contributed by atoms with Crippen molar-refractivity contribution in [3.05, 3.63) is 35.4 Å². The third-order valence-electron chi connectivity index (χ3n) is 4.64. The first-order valence-electron chi connectivity index (χ1n) is 7.13. The van der Waals surface area contributed by atoms with E-state index in [0.717, 1.165) is 25.5 Å². The normalized spacial score (nSPS) is 31.8. The zero-order valence-electron chi connectivity index (χ0n) is 11.4. The highest BCUT2D eigenvalue weighted by atomic mass is 16.5. The van der Waals surface area contributed by atoms with Gasteiger partial charge in [-0.2, -0.15) is 0 Å². The molecule has 0 spiro atoms. The van der Waals surface area contributed by atoms with Crippen molar-refractivity contribution in [1.29, 1.82) is 0 Å². The van der Waals surface area contributed by atoms with E-state index in [2.05, 4.69) is 43.4 Å². The van der Waals surface area contributed by atoms with Crippen molar-refractivity contribution in [2.24, 2.45) is 0 Å². The van der Waals surface area contributed by atoms with Crippen LogP contribution in [0.2, 0.25) is 0 Å². The molecule has 98 valence electrons. The summed E-state index contributed by atoms with van der Waals surface area (Å²) in [5.74, 6) is 0.827. The predicted octanol–water partition coefficient (Wildman–Crippen LogP) is 3.22. The Hall–Kier alpha value is -0.860. The van der Waals surface area contributed by atoms with E-state index in [0.29, 0.717) is 6.10 Å². The first-order chi connectivity index (χ1) is 8.69. The Morgan fingerprint density at radius 2 is 2.11 bits per heavy atom. The third-order valence-corrected chi connectivity index (χ3v) is 4.64. The quantitative estimate of drug-likeness (QED) is 0.879. The summed E-state index contributed by atoms with van der Waals surface area (Å²) in [6.07, 6.45) is 4.16. The number of nitrogens with one attached hydrogen (secondary N) is 1. The van der Waals surface area contributed by atoms with E-state index in [-0.39, 0.29) is 5.54 Å². The molecular formula is C16H23NO. The van der Waals surface area contributed by atoms with Crippen LogP contribution in [0.4, 0.5) is 0 Å². The Kier molecular flexibility index (Phi) is 3.16. The Balaban J connectivity index is 1.69. The van der Waals surface area contributed by atoms with E-state index in [1.807, 2.05) is 0 Å². The lowest BCUT2D eigenvalue weighted by molar-refractivity contribution is 0.0881. The summed E-state index contributed by atoms with van der Waals surface area (Å²) in [5.41, 5.74) is 3.16. The fourth-order valence-electron chi connectivity index (χ4n) is 2.85. The van der Waals surface area contributed by atoms with Gasteiger partial charge < -0.3 is 10.1 Å². The minimum atomic E-state index is 0.136. The molecule has 2 nitrogen and oxygen atoms in total. The standard InChI is InChI=1S/C16H23NO/c1-12-16(2,9-10-18-12)17-11-14-5-3-4-6-15(14)13-7-8-13/h3-6,12-13,17H,7-11H2,1-2H3. The second-order valence-corrected chi connectivity index (χ2v) is 6.01. The summed E-state index contributed by atoms with van der Waals surface area (Å²) in [7, 11) is 0. The Morgan fingerprint density at radius 3 is 2.78 bits per heavy atom. The molecular weight excluding hydrogens is 222 g/mol. The lowest BCUT2D eigenvalue weighted by atomic mass is 9.93. The van der Waals surface area contributed by atoms with E-state index < -0.39 is 0 Å². The smallest absolute Gasteiger partial charge is 0.0726 e. The lowest BCUT2D eigenvalue weighted by Gasteiger charge is -2.29. The second kappa shape index (κ2) is 4.67. The topological polar surface area (TPSA) is 21.3 Å². The molecule has 0 bridgehead atoms. The molecule has 3 rings (SSSR count). The molecule has 1 saturated heterocycles. The van der Waals surface area contributed by atoms with Crippen LogP contribution in [-0.2, 0) is 11.3 Å². The largest absolute Gasteiger partial charge is 0.377 e. The van der Waals surface area contributed by atoms with Crippen LogP contribution in [0.1, 0.15) is 50.2 Å². The molecule has 2 atom stereocenters. The van der Waals surface area contributed by atoms with Crippen LogP contribution in [0.15, 0.2) is 24.3 Å². The van der Waals surface area contributed by atoms with Gasteiger partial charge in [0.05, 0.1) is 6.10 Å². The van der Waals surface area contributed by atoms with Gasteiger partial charge in [0.2, 0.25) is 0 Å². The van der Waals surface area contributed by atoms with Crippen molar-refractivity contribution in [2.45, 2.75) is 57.2 Å². The molecule has 1 saturated carbocycles. The maximum atomic E-state index is 5.68. The van der Waals surface area contributed by atoms with Crippen LogP contribution in [-0.4, -0.2) is 18.2 Å². The van der Waals surface area contributed by atoms with Crippen molar-refractivity contribution in [3.8, 4) is 0 Å². The maximum Gasteiger partial charge on any atom is 0.0726 e. The minimum Gasteiger partial charge on any atom is -0.377 e. The van der Waals surface area contributed by atoms with Gasteiger partial charge in [0.1, 0.15) is 0 Å². The Labute approximate surface area is 110 Å². The highest BCUT2D eigenvalue weighted by molar-refractivity contribution is 5.33. The van der Waals surface area contributed by atoms with Crippen molar-refractivity contribution in [1.82, 2.24) is 5.32 Å². The number of hydrogen-bond donors (Lipinski definition) is 1. The number of ether oxygens (including phenoxy) is 1. The van der Waals surface area contributed by atoms with Crippen LogP contribution >= 0.6 is 0 Å². The first-order valence-corrected chi connectivity index (χ1v) is 7.13. The van der Waals surface area contributed by atoms with Crippen molar-refractivity contribution < 1.29 is 4.74 Å². The summed E-state index contributed by atoms with van der Waals surface area (Å²) in [5, 5.41) is 3.72. The van der Waals surface area contributed by atoms with Crippen LogP contribution in [0.25, 0.3) is 0 Å². The lowest BCUT2D eigenvalue weighted by Crippen LogP contribution is -2.47. The Morgan fingerprint density at radius 1 is 1.33 bits per heavy atom. The summed E-state index contributed by atoms with van der Waals surface area (Å²) >= 11 is 0. The van der Waals surface area contributed by atoms with E-state index in [1.54, 1.807) is 5.56 Å². The van der Waals surface area contributed by atoms with Crippen molar-refractivity contribution in [3.63, 3.8) is 0 Å². The number of rotatable bonds is 4. The average Bonchev–Trinajstić information content (AvgIpc) is 3.16. The molecule has 0 amide bonds. The molecule has 0 aromatic heterocycles. The average molecular weight is 245 g/mol. The summed E-state index contributed by atoms with van der Waals surface area (Å²) in [6, 6.07) is 8.88. The zero-order valence-corrected chi connectivity index (χ0v) is 11.4. The number of benzene rings is 1. The maximum absolute atomic E-state index is 5.68. The highest BCUT2D eigenvalue weighted by Crippen LogP contribution is 2.41. The second-order valence-electron chi connectivity index (χ2n) is 6.01. The molecule has 1 aromatic rings. The molecule has 1 heterocycles. The molecule has 1 aliphatic carbocycles. The third kappa shape index (κ3) is 2.32. The molecule has 0 radical (unpaired) electrons. The van der Waals surface area contributed by atoms with Gasteiger partial charge in [0.25, 0.3) is 0 Å². The van der Waals surface area contributed by atoms with Crippen LogP contribution < -0.4 is 5.32 Å². The monoisotopic (exact) mass is 245 g/mol. The minimum absolute atomic E-state index is 0.136. The molecule has 1 N–H and O–H groups in total. The molecule has 1 aliphatic heterocycles. The van der Waals surface area contributed by atoms with Gasteiger partial charge in [-0.3, -0.25) is 0 Å². The molecule has 18 heavy (non-hydrogen) atoms. The van der Waals surface area contributed by atoms with E-state index >= 15 is 0 Å². The van der Waals surface area contributed by atoms with E-state index in [1.165, 1.54) is 18.4 Å². The van der Waals surface area contributed by atoms with E-state index in [4.69, 9.17) is 4.74 Å². The van der Waals surface area contributed by atoms with Gasteiger partial charge >= 0.3 is 0 Å². The number of hydrogen-bond acceptors (Lipinski definition) is 2. The van der Waals surface area contributed by atoms with Gasteiger partial charge in [-0.15, -0.1) is 0 Å². The summed E-state index contributed by atoms with van der Waals surface area (Å²) in [6.45, 7) is 6.31. The van der Waals surface area contributed by atoms with Gasteiger partial charge in [-0.25, -0.2) is 0 Å². The van der Waals surface area contributed by atoms with Crippen LogP contribution in [0.5, 0.6) is 0 Å². The molecule has 1 aromatic carbocycles. The highest BCUT2D eigenvalue weighted by Gasteiger charge is 2.36. The zero-order chi connectivity index (χ0) is 12.6. The molecule has 2 fully saturated rings. The molecule has 2 heteroatoms. The fraction of sp³-hybridized carbons (Fsp3) is 0.625. The summed E-state index contributed by atoms with van der Waals surface area (Å²) in [4.78, 5) is 0. The van der Waals surface area contributed by atoms with Gasteiger partial charge in [-0.05, 0) is 50.2 Å².